The molecule has 0 saturated carbocycles. The Kier molecular flexibility index (Phi) is 13.3. The third-order valence-corrected chi connectivity index (χ3v) is 10.0. The van der Waals surface area contributed by atoms with Crippen LogP contribution in [0.1, 0.15) is 80.4 Å². The molecule has 0 aromatic heterocycles. The number of fused-ring (bicyclic) bond motifs is 2. The SMILES string of the molecule is CC(C)=CCC/C(C)=C/CC/C(C)=C/CN1C(=O)c2cccc(OP(=O)(OCc3ccccc3)OCc3ccccc3)c2Nc2c(O)cc(C)cc21. The third kappa shape index (κ3) is 10.6. The molecule has 1 aliphatic heterocycles. The number of carbonyl (C=O) groups excluding carboxylic acids is 1. The number of carbonyl (C=O) groups is 1. The van der Waals surface area contributed by atoms with Gasteiger partial charge in [-0.25, -0.2) is 4.57 Å². The molecule has 0 unspecified atom stereocenters. The van der Waals surface area contributed by atoms with E-state index in [0.29, 0.717) is 11.4 Å². The van der Waals surface area contributed by atoms with Gasteiger partial charge in [0.1, 0.15) is 11.4 Å². The molecule has 272 valence electrons. The zero-order valence-electron chi connectivity index (χ0n) is 30.7. The number of nitrogens with zero attached hydrogens (tertiary/aromatic N) is 1. The smallest absolute Gasteiger partial charge is 0.506 e. The Morgan fingerprint density at radius 2 is 1.37 bits per heavy atom. The number of aromatic hydroxyl groups is 1. The van der Waals surface area contributed by atoms with E-state index in [1.807, 2.05) is 73.7 Å². The van der Waals surface area contributed by atoms with Crippen LogP contribution >= 0.6 is 7.82 Å². The molecule has 1 heterocycles. The minimum absolute atomic E-state index is 0.0259. The molecule has 0 atom stereocenters. The monoisotopic (exact) mass is 720 g/mol. The summed E-state index contributed by atoms with van der Waals surface area (Å²) >= 11 is 0. The molecule has 0 spiro atoms. The number of para-hydroxylation sites is 1. The van der Waals surface area contributed by atoms with E-state index in [4.69, 9.17) is 13.6 Å². The molecule has 4 aromatic rings. The van der Waals surface area contributed by atoms with E-state index in [9.17, 15) is 14.5 Å². The molecule has 0 bridgehead atoms. The van der Waals surface area contributed by atoms with Gasteiger partial charge in [-0.15, -0.1) is 0 Å². The largest absolute Gasteiger partial charge is 0.530 e. The highest BCUT2D eigenvalue weighted by Crippen LogP contribution is 2.54. The van der Waals surface area contributed by atoms with Crippen molar-refractivity contribution >= 4 is 30.8 Å². The number of allylic oxidation sites excluding steroid dienone is 5. The van der Waals surface area contributed by atoms with Gasteiger partial charge < -0.3 is 19.8 Å². The molecular formula is C43H49N2O6P. The maximum Gasteiger partial charge on any atom is 0.530 e. The quantitative estimate of drug-likeness (QED) is 0.0675. The van der Waals surface area contributed by atoms with Gasteiger partial charge >= 0.3 is 7.82 Å². The third-order valence-electron chi connectivity index (χ3n) is 8.70. The van der Waals surface area contributed by atoms with Crippen LogP contribution in [0.5, 0.6) is 11.5 Å². The molecule has 4 aromatic carbocycles. The first-order valence-electron chi connectivity index (χ1n) is 17.7. The van der Waals surface area contributed by atoms with Crippen LogP contribution in [-0.2, 0) is 26.8 Å². The second-order valence-corrected chi connectivity index (χ2v) is 15.0. The summed E-state index contributed by atoms with van der Waals surface area (Å²) in [6.07, 6.45) is 10.5. The number of hydrogen-bond acceptors (Lipinski definition) is 7. The van der Waals surface area contributed by atoms with E-state index in [2.05, 4.69) is 51.2 Å². The van der Waals surface area contributed by atoms with Crippen LogP contribution in [0, 0.1) is 6.92 Å². The Hall–Kier alpha value is -4.88. The number of benzene rings is 4. The van der Waals surface area contributed by atoms with Crippen LogP contribution in [-0.4, -0.2) is 17.6 Å². The Labute approximate surface area is 308 Å². The van der Waals surface area contributed by atoms with Crippen LogP contribution in [0.3, 0.4) is 0 Å². The minimum Gasteiger partial charge on any atom is -0.506 e. The molecular weight excluding hydrogens is 671 g/mol. The predicted molar refractivity (Wildman–Crippen MR) is 210 cm³/mol. The summed E-state index contributed by atoms with van der Waals surface area (Å²) in [4.78, 5) is 16.0. The fraction of sp³-hybridized carbons (Fsp3) is 0.279. The number of phosphoric ester groups is 1. The molecule has 1 aliphatic rings. The number of nitrogens with one attached hydrogen (secondary N) is 1. The molecule has 5 rings (SSSR count). The lowest BCUT2D eigenvalue weighted by molar-refractivity contribution is 0.0990. The first-order chi connectivity index (χ1) is 25.0. The summed E-state index contributed by atoms with van der Waals surface area (Å²) in [5, 5.41) is 14.5. The van der Waals surface area contributed by atoms with Crippen molar-refractivity contribution in [3.05, 3.63) is 148 Å². The van der Waals surface area contributed by atoms with Crippen molar-refractivity contribution in [1.29, 1.82) is 0 Å². The Morgan fingerprint density at radius 1 is 0.769 bits per heavy atom. The van der Waals surface area contributed by atoms with E-state index in [-0.39, 0.29) is 48.4 Å². The van der Waals surface area contributed by atoms with Gasteiger partial charge in [0.2, 0.25) is 0 Å². The van der Waals surface area contributed by atoms with Gasteiger partial charge in [-0.3, -0.25) is 13.8 Å². The number of hydrogen-bond donors (Lipinski definition) is 2. The fourth-order valence-corrected chi connectivity index (χ4v) is 7.00. The molecule has 8 nitrogen and oxygen atoms in total. The number of anilines is 3. The zero-order valence-corrected chi connectivity index (χ0v) is 31.6. The fourth-order valence-electron chi connectivity index (χ4n) is 5.82. The highest BCUT2D eigenvalue weighted by molar-refractivity contribution is 7.48. The molecule has 9 heteroatoms. The van der Waals surface area contributed by atoms with Crippen molar-refractivity contribution in [2.75, 3.05) is 16.8 Å². The normalized spacial score (nSPS) is 13.2. The highest BCUT2D eigenvalue weighted by atomic mass is 31.2. The molecule has 0 fully saturated rings. The van der Waals surface area contributed by atoms with E-state index in [1.54, 1.807) is 29.2 Å². The van der Waals surface area contributed by atoms with Gasteiger partial charge in [-0.2, -0.15) is 0 Å². The lowest BCUT2D eigenvalue weighted by atomic mass is 10.1. The maximum atomic E-state index is 14.4. The first kappa shape index (κ1) is 38.4. The molecule has 0 radical (unpaired) electrons. The van der Waals surface area contributed by atoms with E-state index >= 15 is 0 Å². The molecule has 0 saturated heterocycles. The molecule has 52 heavy (non-hydrogen) atoms. The van der Waals surface area contributed by atoms with Crippen molar-refractivity contribution in [3.8, 4) is 11.5 Å². The van der Waals surface area contributed by atoms with Gasteiger partial charge in [-0.1, -0.05) is 102 Å². The summed E-state index contributed by atoms with van der Waals surface area (Å²) in [5.74, 6) is -0.253. The summed E-state index contributed by atoms with van der Waals surface area (Å²) < 4.78 is 32.2. The van der Waals surface area contributed by atoms with Crippen molar-refractivity contribution in [2.45, 2.75) is 73.5 Å². The van der Waals surface area contributed by atoms with Crippen LogP contribution in [0.4, 0.5) is 17.1 Å². The second kappa shape index (κ2) is 18.1. The van der Waals surface area contributed by atoms with Crippen LogP contribution < -0.4 is 14.7 Å². The lowest BCUT2D eigenvalue weighted by Crippen LogP contribution is -2.30. The molecule has 0 aliphatic carbocycles. The van der Waals surface area contributed by atoms with Gasteiger partial charge in [-0.05, 0) is 101 Å². The number of rotatable bonds is 16. The lowest BCUT2D eigenvalue weighted by Gasteiger charge is -2.23. The Balaban J connectivity index is 1.42. The van der Waals surface area contributed by atoms with Gasteiger partial charge in [0.15, 0.2) is 5.75 Å². The standard InChI is InChI=1S/C43H49N2O6P/c1-31(2)15-12-16-32(3)17-13-18-33(4)25-26-45-38-27-34(5)28-39(46)42(38)44-41-37(43(45)47)23-14-24-40(41)51-52(48,49-29-35-19-8-6-9-20-35)50-30-36-21-10-7-11-22-36/h6-11,14-15,17,19-25,27-28,44,46H,12-13,16,18,26,29-30H2,1-5H3/b32-17+,33-25+. The summed E-state index contributed by atoms with van der Waals surface area (Å²) in [6, 6.07) is 27.1. The zero-order chi connectivity index (χ0) is 37.1. The molecule has 1 amide bonds. The van der Waals surface area contributed by atoms with Gasteiger partial charge in [0.25, 0.3) is 5.91 Å². The van der Waals surface area contributed by atoms with Crippen LogP contribution in [0.15, 0.2) is 126 Å². The summed E-state index contributed by atoms with van der Waals surface area (Å²) in [6.45, 7) is 10.6. The topological polar surface area (TPSA) is 97.3 Å². The predicted octanol–water partition coefficient (Wildman–Crippen LogP) is 11.7. The van der Waals surface area contributed by atoms with Crippen molar-refractivity contribution in [1.82, 2.24) is 0 Å². The van der Waals surface area contributed by atoms with Gasteiger partial charge in [0, 0.05) is 6.54 Å². The number of aryl methyl sites for hydroxylation is 1. The number of phenolic OH excluding ortho intramolecular Hbond substituents is 1. The average molecular weight is 721 g/mol. The molecule has 2 N–H and O–H groups in total. The summed E-state index contributed by atoms with van der Waals surface area (Å²) in [7, 11) is -4.27. The minimum atomic E-state index is -4.27. The van der Waals surface area contributed by atoms with Crippen molar-refractivity contribution in [2.24, 2.45) is 0 Å². The van der Waals surface area contributed by atoms with E-state index in [0.717, 1.165) is 47.9 Å². The Morgan fingerprint density at radius 3 is 1.98 bits per heavy atom. The van der Waals surface area contributed by atoms with E-state index < -0.39 is 7.82 Å². The highest BCUT2D eigenvalue weighted by Gasteiger charge is 2.34. The second-order valence-electron chi connectivity index (χ2n) is 13.4. The number of phenols is 1. The number of amides is 1. The van der Waals surface area contributed by atoms with Crippen molar-refractivity contribution < 1.29 is 28.0 Å². The average Bonchev–Trinajstić information content (AvgIpc) is 3.24. The first-order valence-corrected chi connectivity index (χ1v) is 19.1. The summed E-state index contributed by atoms with van der Waals surface area (Å²) in [5.41, 5.74) is 7.61. The Bertz CT molecular complexity index is 1940. The van der Waals surface area contributed by atoms with Crippen LogP contribution in [0.25, 0.3) is 0 Å². The van der Waals surface area contributed by atoms with Gasteiger partial charge in [0.05, 0.1) is 30.2 Å². The number of phosphoric acid groups is 1. The van der Waals surface area contributed by atoms with Crippen molar-refractivity contribution in [3.63, 3.8) is 0 Å². The van der Waals surface area contributed by atoms with E-state index in [1.165, 1.54) is 11.1 Å². The maximum absolute atomic E-state index is 14.4. The van der Waals surface area contributed by atoms with Crippen LogP contribution in [0.2, 0.25) is 0 Å².